The molecule has 17 heavy (non-hydrogen) atoms. The van der Waals surface area contributed by atoms with E-state index in [1.54, 1.807) is 7.05 Å². The standard InChI is InChI=1S/C10H21N3O3S/c1-12-9(10(11)14)3-5-13-4-2-7-17(15,16)8-6-13/h9,12H,2-8H2,1H3,(H2,11,14). The van der Waals surface area contributed by atoms with E-state index in [1.165, 1.54) is 0 Å². The SMILES string of the molecule is CNC(CCN1CCCS(=O)(=O)CC1)C(N)=O. The Morgan fingerprint density at radius 2 is 2.12 bits per heavy atom. The van der Waals surface area contributed by atoms with Gasteiger partial charge in [0.2, 0.25) is 5.91 Å². The molecule has 1 fully saturated rings. The summed E-state index contributed by atoms with van der Waals surface area (Å²) in [5.41, 5.74) is 5.22. The summed E-state index contributed by atoms with van der Waals surface area (Å²) < 4.78 is 22.8. The highest BCUT2D eigenvalue weighted by molar-refractivity contribution is 7.91. The van der Waals surface area contributed by atoms with Crippen molar-refractivity contribution in [2.75, 3.05) is 38.2 Å². The first-order chi connectivity index (χ1) is 7.94. The van der Waals surface area contributed by atoms with Crippen molar-refractivity contribution in [1.29, 1.82) is 0 Å². The number of carbonyl (C=O) groups excluding carboxylic acids is 1. The number of amides is 1. The molecule has 0 aliphatic carbocycles. The number of nitrogens with two attached hydrogens (primary N) is 1. The predicted molar refractivity (Wildman–Crippen MR) is 66.4 cm³/mol. The number of sulfone groups is 1. The van der Waals surface area contributed by atoms with Crippen LogP contribution in [0.1, 0.15) is 12.8 Å². The van der Waals surface area contributed by atoms with Gasteiger partial charge in [-0.05, 0) is 26.4 Å². The molecular formula is C10H21N3O3S. The van der Waals surface area contributed by atoms with Gasteiger partial charge < -0.3 is 16.0 Å². The minimum atomic E-state index is -2.86. The molecule has 1 saturated heterocycles. The summed E-state index contributed by atoms with van der Waals surface area (Å²) in [6.45, 7) is 2.02. The second kappa shape index (κ2) is 6.32. The van der Waals surface area contributed by atoms with Crippen molar-refractivity contribution in [2.45, 2.75) is 18.9 Å². The Morgan fingerprint density at radius 1 is 1.41 bits per heavy atom. The molecular weight excluding hydrogens is 242 g/mol. The molecule has 0 bridgehead atoms. The number of nitrogens with one attached hydrogen (secondary N) is 1. The highest BCUT2D eigenvalue weighted by Gasteiger charge is 2.20. The summed E-state index contributed by atoms with van der Waals surface area (Å²) in [4.78, 5) is 13.1. The topological polar surface area (TPSA) is 92.5 Å². The number of primary amides is 1. The van der Waals surface area contributed by atoms with Crippen molar-refractivity contribution in [3.05, 3.63) is 0 Å². The fourth-order valence-electron chi connectivity index (χ4n) is 1.95. The lowest BCUT2D eigenvalue weighted by Crippen LogP contribution is -2.42. The number of rotatable bonds is 5. The lowest BCUT2D eigenvalue weighted by molar-refractivity contribution is -0.120. The quantitative estimate of drug-likeness (QED) is 0.634. The van der Waals surface area contributed by atoms with E-state index in [4.69, 9.17) is 5.73 Å². The van der Waals surface area contributed by atoms with Gasteiger partial charge in [0.05, 0.1) is 17.5 Å². The molecule has 1 aliphatic rings. The molecule has 0 saturated carbocycles. The minimum absolute atomic E-state index is 0.216. The van der Waals surface area contributed by atoms with Gasteiger partial charge in [-0.25, -0.2) is 8.42 Å². The van der Waals surface area contributed by atoms with Crippen LogP contribution in [-0.4, -0.2) is 63.5 Å². The van der Waals surface area contributed by atoms with Gasteiger partial charge in [-0.2, -0.15) is 0 Å². The monoisotopic (exact) mass is 263 g/mol. The molecule has 3 N–H and O–H groups in total. The van der Waals surface area contributed by atoms with Gasteiger partial charge in [0.25, 0.3) is 0 Å². The minimum Gasteiger partial charge on any atom is -0.368 e. The first-order valence-corrected chi connectivity index (χ1v) is 7.66. The van der Waals surface area contributed by atoms with Gasteiger partial charge in [-0.1, -0.05) is 0 Å². The van der Waals surface area contributed by atoms with Gasteiger partial charge in [-0.15, -0.1) is 0 Å². The zero-order chi connectivity index (χ0) is 12.9. The fraction of sp³-hybridized carbons (Fsp3) is 0.900. The maximum atomic E-state index is 11.4. The smallest absolute Gasteiger partial charge is 0.234 e. The number of likely N-dealkylation sites (N-methyl/N-ethyl adjacent to an activating group) is 1. The zero-order valence-corrected chi connectivity index (χ0v) is 11.0. The molecule has 0 radical (unpaired) electrons. The number of hydrogen-bond acceptors (Lipinski definition) is 5. The Labute approximate surface area is 102 Å². The molecule has 7 heteroatoms. The van der Waals surface area contributed by atoms with E-state index in [0.717, 1.165) is 6.54 Å². The second-order valence-corrected chi connectivity index (χ2v) is 6.68. The molecule has 1 heterocycles. The van der Waals surface area contributed by atoms with Crippen LogP contribution in [0.25, 0.3) is 0 Å². The Kier molecular flexibility index (Phi) is 5.35. The van der Waals surface area contributed by atoms with Crippen LogP contribution >= 0.6 is 0 Å². The number of carbonyl (C=O) groups is 1. The van der Waals surface area contributed by atoms with Crippen LogP contribution in [0, 0.1) is 0 Å². The van der Waals surface area contributed by atoms with Crippen LogP contribution in [0.3, 0.4) is 0 Å². The molecule has 0 aromatic carbocycles. The first-order valence-electron chi connectivity index (χ1n) is 5.84. The van der Waals surface area contributed by atoms with Crippen LogP contribution in [0.2, 0.25) is 0 Å². The maximum absolute atomic E-state index is 11.4. The van der Waals surface area contributed by atoms with Crippen molar-refractivity contribution in [1.82, 2.24) is 10.2 Å². The summed E-state index contributed by atoms with van der Waals surface area (Å²) in [5.74, 6) is 0.123. The molecule has 1 atom stereocenters. The fourth-order valence-corrected chi connectivity index (χ4v) is 3.26. The predicted octanol–water partition coefficient (Wildman–Crippen LogP) is -1.43. The molecule has 6 nitrogen and oxygen atoms in total. The highest BCUT2D eigenvalue weighted by Crippen LogP contribution is 2.06. The molecule has 0 aromatic heterocycles. The Bertz CT molecular complexity index is 356. The van der Waals surface area contributed by atoms with Crippen LogP contribution in [0.15, 0.2) is 0 Å². The average Bonchev–Trinajstić information content (AvgIpc) is 2.40. The van der Waals surface area contributed by atoms with E-state index in [-0.39, 0.29) is 23.5 Å². The molecule has 1 unspecified atom stereocenters. The first kappa shape index (κ1) is 14.4. The second-order valence-electron chi connectivity index (χ2n) is 4.38. The van der Waals surface area contributed by atoms with E-state index in [2.05, 4.69) is 10.2 Å². The summed E-state index contributed by atoms with van der Waals surface area (Å²) in [5, 5.41) is 2.85. The lowest BCUT2D eigenvalue weighted by atomic mass is 10.2. The van der Waals surface area contributed by atoms with Crippen LogP contribution in [0.4, 0.5) is 0 Å². The third-order valence-electron chi connectivity index (χ3n) is 3.07. The van der Waals surface area contributed by atoms with Crippen LogP contribution < -0.4 is 11.1 Å². The Balaban J connectivity index is 2.39. The normalized spacial score (nSPS) is 22.9. The van der Waals surface area contributed by atoms with E-state index < -0.39 is 9.84 Å². The summed E-state index contributed by atoms with van der Waals surface area (Å²) in [6.07, 6.45) is 1.29. The molecule has 1 aliphatic heterocycles. The van der Waals surface area contributed by atoms with Gasteiger partial charge in [0.15, 0.2) is 9.84 Å². The van der Waals surface area contributed by atoms with E-state index >= 15 is 0 Å². The van der Waals surface area contributed by atoms with Crippen LogP contribution in [0.5, 0.6) is 0 Å². The lowest BCUT2D eigenvalue weighted by Gasteiger charge is -2.21. The Morgan fingerprint density at radius 3 is 2.71 bits per heavy atom. The molecule has 100 valence electrons. The summed E-state index contributed by atoms with van der Waals surface area (Å²) in [7, 11) is -1.16. The van der Waals surface area contributed by atoms with E-state index in [1.807, 2.05) is 0 Å². The number of nitrogens with zero attached hydrogens (tertiary/aromatic N) is 1. The molecule has 1 amide bonds. The van der Waals surface area contributed by atoms with Crippen molar-refractivity contribution < 1.29 is 13.2 Å². The van der Waals surface area contributed by atoms with Crippen molar-refractivity contribution >= 4 is 15.7 Å². The van der Waals surface area contributed by atoms with Crippen molar-refractivity contribution in [2.24, 2.45) is 5.73 Å². The molecule has 0 aromatic rings. The average molecular weight is 263 g/mol. The van der Waals surface area contributed by atoms with Gasteiger partial charge >= 0.3 is 0 Å². The third kappa shape index (κ3) is 5.01. The van der Waals surface area contributed by atoms with Crippen LogP contribution in [-0.2, 0) is 14.6 Å². The molecule has 0 spiro atoms. The number of hydrogen-bond donors (Lipinski definition) is 2. The Hall–Kier alpha value is -0.660. The molecule has 1 rings (SSSR count). The largest absolute Gasteiger partial charge is 0.368 e. The van der Waals surface area contributed by atoms with Gasteiger partial charge in [-0.3, -0.25) is 4.79 Å². The maximum Gasteiger partial charge on any atom is 0.234 e. The van der Waals surface area contributed by atoms with Crippen molar-refractivity contribution in [3.63, 3.8) is 0 Å². The van der Waals surface area contributed by atoms with Crippen molar-refractivity contribution in [3.8, 4) is 0 Å². The van der Waals surface area contributed by atoms with Gasteiger partial charge in [0.1, 0.15) is 0 Å². The summed E-state index contributed by atoms with van der Waals surface area (Å²) >= 11 is 0. The zero-order valence-electron chi connectivity index (χ0n) is 10.2. The van der Waals surface area contributed by atoms with E-state index in [9.17, 15) is 13.2 Å². The van der Waals surface area contributed by atoms with Gasteiger partial charge in [0, 0.05) is 13.1 Å². The summed E-state index contributed by atoms with van der Waals surface area (Å²) in [6, 6.07) is -0.338. The highest BCUT2D eigenvalue weighted by atomic mass is 32.2. The van der Waals surface area contributed by atoms with E-state index in [0.29, 0.717) is 25.9 Å². The third-order valence-corrected chi connectivity index (χ3v) is 4.79.